The van der Waals surface area contributed by atoms with E-state index < -0.39 is 0 Å². The van der Waals surface area contributed by atoms with Gasteiger partial charge in [0.15, 0.2) is 5.82 Å². The number of aryl methyl sites for hydroxylation is 1. The van der Waals surface area contributed by atoms with Crippen molar-refractivity contribution in [2.24, 2.45) is 0 Å². The molecule has 1 saturated heterocycles. The van der Waals surface area contributed by atoms with E-state index in [0.717, 1.165) is 36.6 Å². The van der Waals surface area contributed by atoms with Crippen molar-refractivity contribution < 1.29 is 4.52 Å². The fourth-order valence-corrected chi connectivity index (χ4v) is 3.49. The van der Waals surface area contributed by atoms with E-state index in [0.29, 0.717) is 11.7 Å². The number of aromatic nitrogens is 4. The zero-order valence-electron chi connectivity index (χ0n) is 17.2. The summed E-state index contributed by atoms with van der Waals surface area (Å²) in [4.78, 5) is 6.99. The first kappa shape index (κ1) is 18.8. The maximum absolute atomic E-state index is 5.69. The molecule has 0 radical (unpaired) electrons. The van der Waals surface area contributed by atoms with Gasteiger partial charge in [0, 0.05) is 31.2 Å². The largest absolute Gasteiger partial charge is 0.334 e. The standard InChI is InChI=1S/C21H28N6O/c1-14-6-8-15(9-7-14)27-13-16(18(24-27)21(2,3)4)20-23-19(25-28-20)17-12-22-10-11-26(17)5/h6-9,13,17,22H,10-12H2,1-5H3. The van der Waals surface area contributed by atoms with Crippen molar-refractivity contribution in [2.45, 2.75) is 39.2 Å². The Balaban J connectivity index is 1.73. The van der Waals surface area contributed by atoms with Crippen LogP contribution in [-0.4, -0.2) is 51.5 Å². The average molecular weight is 380 g/mol. The molecule has 1 aromatic carbocycles. The van der Waals surface area contributed by atoms with E-state index in [1.165, 1.54) is 5.56 Å². The van der Waals surface area contributed by atoms with Crippen LogP contribution in [0.1, 0.15) is 43.9 Å². The molecule has 2 aromatic heterocycles. The van der Waals surface area contributed by atoms with Crippen LogP contribution in [0.3, 0.4) is 0 Å². The molecule has 1 atom stereocenters. The van der Waals surface area contributed by atoms with Crippen LogP contribution in [-0.2, 0) is 5.41 Å². The number of hydrogen-bond acceptors (Lipinski definition) is 6. The summed E-state index contributed by atoms with van der Waals surface area (Å²) in [6.07, 6.45) is 1.99. The summed E-state index contributed by atoms with van der Waals surface area (Å²) in [5, 5.41) is 12.5. The zero-order chi connectivity index (χ0) is 19.9. The van der Waals surface area contributed by atoms with E-state index >= 15 is 0 Å². The fraction of sp³-hybridized carbons (Fsp3) is 0.476. The smallest absolute Gasteiger partial charge is 0.261 e. The highest BCUT2D eigenvalue weighted by molar-refractivity contribution is 5.58. The Morgan fingerprint density at radius 3 is 2.61 bits per heavy atom. The van der Waals surface area contributed by atoms with Gasteiger partial charge < -0.3 is 9.84 Å². The Hall–Kier alpha value is -2.51. The summed E-state index contributed by atoms with van der Waals surface area (Å²) in [7, 11) is 2.09. The van der Waals surface area contributed by atoms with Gasteiger partial charge in [-0.15, -0.1) is 0 Å². The van der Waals surface area contributed by atoms with Crippen molar-refractivity contribution in [3.8, 4) is 17.1 Å². The van der Waals surface area contributed by atoms with E-state index in [1.54, 1.807) is 0 Å². The minimum Gasteiger partial charge on any atom is -0.334 e. The molecule has 0 saturated carbocycles. The number of nitrogens with zero attached hydrogens (tertiary/aromatic N) is 5. The van der Waals surface area contributed by atoms with E-state index in [1.807, 2.05) is 10.9 Å². The summed E-state index contributed by atoms with van der Waals surface area (Å²) in [5.74, 6) is 1.24. The van der Waals surface area contributed by atoms with Crippen LogP contribution in [0.25, 0.3) is 17.1 Å². The van der Waals surface area contributed by atoms with E-state index in [9.17, 15) is 0 Å². The lowest BCUT2D eigenvalue weighted by Crippen LogP contribution is -2.44. The highest BCUT2D eigenvalue weighted by atomic mass is 16.5. The molecule has 148 valence electrons. The van der Waals surface area contributed by atoms with Crippen LogP contribution in [0.15, 0.2) is 35.0 Å². The Morgan fingerprint density at radius 1 is 1.18 bits per heavy atom. The van der Waals surface area contributed by atoms with Crippen molar-refractivity contribution in [1.29, 1.82) is 0 Å². The summed E-state index contributed by atoms with van der Waals surface area (Å²) in [6.45, 7) is 11.3. The lowest BCUT2D eigenvalue weighted by Gasteiger charge is -2.30. The van der Waals surface area contributed by atoms with E-state index in [-0.39, 0.29) is 11.5 Å². The topological polar surface area (TPSA) is 72.0 Å². The number of benzene rings is 1. The third-order valence-corrected chi connectivity index (χ3v) is 5.20. The van der Waals surface area contributed by atoms with Crippen LogP contribution in [0.2, 0.25) is 0 Å². The van der Waals surface area contributed by atoms with Gasteiger partial charge in [-0.3, -0.25) is 4.90 Å². The third kappa shape index (κ3) is 3.59. The molecule has 3 aromatic rings. The second-order valence-electron chi connectivity index (χ2n) is 8.58. The Morgan fingerprint density at radius 2 is 1.93 bits per heavy atom. The quantitative estimate of drug-likeness (QED) is 0.753. The van der Waals surface area contributed by atoms with Crippen LogP contribution >= 0.6 is 0 Å². The summed E-state index contributed by atoms with van der Waals surface area (Å²) >= 11 is 0. The number of rotatable bonds is 3. The molecular formula is C21H28N6O. The number of piperazine rings is 1. The molecule has 0 amide bonds. The number of nitrogens with one attached hydrogen (secondary N) is 1. The molecule has 0 spiro atoms. The van der Waals surface area contributed by atoms with Crippen molar-refractivity contribution >= 4 is 0 Å². The van der Waals surface area contributed by atoms with Crippen LogP contribution in [0, 0.1) is 6.92 Å². The Labute approximate surface area is 165 Å². The molecule has 1 fully saturated rings. The molecule has 0 bridgehead atoms. The van der Waals surface area contributed by atoms with Crippen LogP contribution < -0.4 is 5.32 Å². The molecular weight excluding hydrogens is 352 g/mol. The molecule has 1 unspecified atom stereocenters. The fourth-order valence-electron chi connectivity index (χ4n) is 3.49. The highest BCUT2D eigenvalue weighted by Gasteiger charge is 2.29. The molecule has 1 aliphatic rings. The molecule has 3 heterocycles. The normalized spacial score (nSPS) is 18.5. The molecule has 1 N–H and O–H groups in total. The predicted octanol–water partition coefficient (Wildman–Crippen LogP) is 3.10. The van der Waals surface area contributed by atoms with Crippen molar-refractivity contribution in [3.05, 3.63) is 47.5 Å². The summed E-state index contributed by atoms with van der Waals surface area (Å²) in [5.41, 5.74) is 3.91. The van der Waals surface area contributed by atoms with Gasteiger partial charge in [-0.05, 0) is 26.1 Å². The lowest BCUT2D eigenvalue weighted by atomic mass is 9.89. The molecule has 1 aliphatic heterocycles. The SMILES string of the molecule is Cc1ccc(-n2cc(-c3nc(C4CNCCN4C)no3)c(C(C)(C)C)n2)cc1. The van der Waals surface area contributed by atoms with Gasteiger partial charge in [-0.2, -0.15) is 10.1 Å². The van der Waals surface area contributed by atoms with E-state index in [2.05, 4.69) is 74.4 Å². The minimum absolute atomic E-state index is 0.122. The third-order valence-electron chi connectivity index (χ3n) is 5.20. The van der Waals surface area contributed by atoms with Crippen molar-refractivity contribution in [2.75, 3.05) is 26.7 Å². The predicted molar refractivity (Wildman–Crippen MR) is 109 cm³/mol. The van der Waals surface area contributed by atoms with Crippen molar-refractivity contribution in [1.82, 2.24) is 30.1 Å². The Bertz CT molecular complexity index is 950. The second-order valence-corrected chi connectivity index (χ2v) is 8.58. The number of hydrogen-bond donors (Lipinski definition) is 1. The maximum Gasteiger partial charge on any atom is 0.261 e. The van der Waals surface area contributed by atoms with Gasteiger partial charge >= 0.3 is 0 Å². The van der Waals surface area contributed by atoms with Gasteiger partial charge in [0.05, 0.1) is 23.0 Å². The molecule has 7 nitrogen and oxygen atoms in total. The molecule has 0 aliphatic carbocycles. The van der Waals surface area contributed by atoms with Gasteiger partial charge in [-0.25, -0.2) is 4.68 Å². The average Bonchev–Trinajstić information content (AvgIpc) is 3.29. The van der Waals surface area contributed by atoms with Gasteiger partial charge in [-0.1, -0.05) is 43.6 Å². The maximum atomic E-state index is 5.69. The second kappa shape index (κ2) is 7.14. The monoisotopic (exact) mass is 380 g/mol. The van der Waals surface area contributed by atoms with Gasteiger partial charge in [0.25, 0.3) is 5.89 Å². The molecule has 28 heavy (non-hydrogen) atoms. The number of likely N-dealkylation sites (N-methyl/N-ethyl adjacent to an activating group) is 1. The highest BCUT2D eigenvalue weighted by Crippen LogP contribution is 2.33. The first-order chi connectivity index (χ1) is 13.3. The zero-order valence-corrected chi connectivity index (χ0v) is 17.2. The minimum atomic E-state index is -0.150. The molecule has 7 heteroatoms. The van der Waals surface area contributed by atoms with Gasteiger partial charge in [0.1, 0.15) is 0 Å². The van der Waals surface area contributed by atoms with E-state index in [4.69, 9.17) is 14.6 Å². The first-order valence-electron chi connectivity index (χ1n) is 9.75. The molecule has 4 rings (SSSR count). The summed E-state index contributed by atoms with van der Waals surface area (Å²) < 4.78 is 7.58. The first-order valence-corrected chi connectivity index (χ1v) is 9.75. The van der Waals surface area contributed by atoms with Crippen molar-refractivity contribution in [3.63, 3.8) is 0 Å². The van der Waals surface area contributed by atoms with Crippen LogP contribution in [0.5, 0.6) is 0 Å². The van der Waals surface area contributed by atoms with Crippen LogP contribution in [0.4, 0.5) is 0 Å². The summed E-state index contributed by atoms with van der Waals surface area (Å²) in [6, 6.07) is 8.44. The van der Waals surface area contributed by atoms with Gasteiger partial charge in [0.2, 0.25) is 0 Å². The lowest BCUT2D eigenvalue weighted by molar-refractivity contribution is 0.190. The Kier molecular flexibility index (Phi) is 4.81.